The first-order valence-corrected chi connectivity index (χ1v) is 13.5. The number of halogens is 2. The van der Waals surface area contributed by atoms with E-state index in [0.29, 0.717) is 48.3 Å². The third kappa shape index (κ3) is 6.13. The van der Waals surface area contributed by atoms with Gasteiger partial charge >= 0.3 is 0 Å². The predicted molar refractivity (Wildman–Crippen MR) is 154 cm³/mol. The van der Waals surface area contributed by atoms with Gasteiger partial charge in [-0.05, 0) is 61.0 Å². The van der Waals surface area contributed by atoms with Crippen molar-refractivity contribution in [3.8, 4) is 11.3 Å². The minimum Gasteiger partial charge on any atom is -0.352 e. The largest absolute Gasteiger partial charge is 0.352 e. The highest BCUT2D eigenvalue weighted by Crippen LogP contribution is 2.26. The Hall–Kier alpha value is -4.30. The van der Waals surface area contributed by atoms with Crippen LogP contribution in [0.2, 0.25) is 5.02 Å². The summed E-state index contributed by atoms with van der Waals surface area (Å²) >= 11 is 6.35. The van der Waals surface area contributed by atoms with Crippen LogP contribution in [0.3, 0.4) is 0 Å². The van der Waals surface area contributed by atoms with Crippen molar-refractivity contribution in [1.29, 1.82) is 0 Å². The molecule has 1 aliphatic rings. The van der Waals surface area contributed by atoms with Crippen LogP contribution in [0.25, 0.3) is 11.3 Å². The second-order valence-corrected chi connectivity index (χ2v) is 10.1. The molecule has 0 saturated carbocycles. The highest BCUT2D eigenvalue weighted by Gasteiger charge is 2.30. The molecule has 1 fully saturated rings. The fourth-order valence-corrected chi connectivity index (χ4v) is 5.00. The van der Waals surface area contributed by atoms with Gasteiger partial charge in [0.05, 0.1) is 22.3 Å². The van der Waals surface area contributed by atoms with E-state index in [-0.39, 0.29) is 30.2 Å². The molecule has 0 radical (unpaired) electrons. The van der Waals surface area contributed by atoms with Gasteiger partial charge in [0.2, 0.25) is 5.91 Å². The highest BCUT2D eigenvalue weighted by molar-refractivity contribution is 6.33. The number of nitrogens with zero attached hydrogens (tertiary/aromatic N) is 5. The second kappa shape index (κ2) is 12.3. The predicted octanol–water partition coefficient (Wildman–Crippen LogP) is 5.49. The van der Waals surface area contributed by atoms with E-state index in [1.54, 1.807) is 46.2 Å². The molecule has 1 aromatic heterocycles. The van der Waals surface area contributed by atoms with E-state index >= 15 is 0 Å². The molecule has 0 N–H and O–H groups in total. The van der Waals surface area contributed by atoms with Crippen molar-refractivity contribution < 1.29 is 14.0 Å². The fraction of sp³-hybridized carbons (Fsp3) is 0.226. The molecule has 7 nitrogen and oxygen atoms in total. The number of rotatable bonds is 7. The van der Waals surface area contributed by atoms with Crippen LogP contribution >= 0.6 is 11.6 Å². The lowest BCUT2D eigenvalue weighted by Gasteiger charge is -2.37. The van der Waals surface area contributed by atoms with E-state index in [0.717, 1.165) is 11.1 Å². The molecule has 204 valence electrons. The molecule has 1 atom stereocenters. The Bertz CT molecular complexity index is 1460. The number of anilines is 1. The normalized spacial score (nSPS) is 14.1. The third-order valence-electron chi connectivity index (χ3n) is 7.17. The van der Waals surface area contributed by atoms with Gasteiger partial charge in [0.15, 0.2) is 5.82 Å². The maximum atomic E-state index is 13.6. The van der Waals surface area contributed by atoms with Crippen molar-refractivity contribution in [1.82, 2.24) is 20.0 Å². The number of amides is 2. The van der Waals surface area contributed by atoms with Crippen LogP contribution < -0.4 is 4.90 Å². The monoisotopic (exact) mass is 557 g/mol. The molecule has 0 unspecified atom stereocenters. The maximum absolute atomic E-state index is 13.6. The minimum absolute atomic E-state index is 0.0632. The van der Waals surface area contributed by atoms with E-state index in [9.17, 15) is 14.0 Å². The third-order valence-corrected chi connectivity index (χ3v) is 7.50. The molecular weight excluding hydrogens is 529 g/mol. The highest BCUT2D eigenvalue weighted by atomic mass is 35.5. The molecule has 2 heterocycles. The Labute approximate surface area is 237 Å². The van der Waals surface area contributed by atoms with Crippen LogP contribution in [0.4, 0.5) is 10.2 Å². The zero-order valence-corrected chi connectivity index (χ0v) is 22.8. The molecule has 40 heavy (non-hydrogen) atoms. The van der Waals surface area contributed by atoms with Gasteiger partial charge in [-0.15, -0.1) is 10.2 Å². The van der Waals surface area contributed by atoms with Crippen molar-refractivity contribution in [3.63, 3.8) is 0 Å². The smallest absolute Gasteiger partial charge is 0.256 e. The van der Waals surface area contributed by atoms with Gasteiger partial charge in [0.25, 0.3) is 5.91 Å². The van der Waals surface area contributed by atoms with E-state index in [2.05, 4.69) is 15.1 Å². The lowest BCUT2D eigenvalue weighted by Crippen LogP contribution is -2.52. The number of hydrogen-bond donors (Lipinski definition) is 0. The number of aromatic nitrogens is 2. The standard InChI is InChI=1S/C31H29ClFN5O2/c1-22(23-7-3-2-4-8-23)38(31(40)26-9-5-6-10-27(26)32)21-30(39)37-19-17-36(18-20-37)29-16-15-28(34-35-29)24-11-13-25(33)14-12-24/h2-16,22H,17-21H2,1H3/t22-/m1/s1. The molecule has 3 aromatic carbocycles. The van der Waals surface area contributed by atoms with Crippen LogP contribution in [0.5, 0.6) is 0 Å². The van der Waals surface area contributed by atoms with Crippen LogP contribution in [-0.4, -0.2) is 64.5 Å². The number of carbonyl (C=O) groups is 2. The summed E-state index contributed by atoms with van der Waals surface area (Å²) < 4.78 is 13.2. The zero-order valence-electron chi connectivity index (χ0n) is 22.1. The first-order valence-electron chi connectivity index (χ1n) is 13.1. The summed E-state index contributed by atoms with van der Waals surface area (Å²) in [5, 5.41) is 9.01. The Morgan fingerprint density at radius 1 is 0.875 bits per heavy atom. The topological polar surface area (TPSA) is 69.6 Å². The molecule has 0 bridgehead atoms. The molecular formula is C31H29ClFN5O2. The van der Waals surface area contributed by atoms with Gasteiger partial charge in [-0.3, -0.25) is 9.59 Å². The summed E-state index contributed by atoms with van der Waals surface area (Å²) in [6.45, 7) is 4.02. The Balaban J connectivity index is 1.25. The number of carbonyl (C=O) groups excluding carboxylic acids is 2. The van der Waals surface area contributed by atoms with Crippen LogP contribution in [-0.2, 0) is 4.79 Å². The Morgan fingerprint density at radius 2 is 1.55 bits per heavy atom. The SMILES string of the molecule is C[C@H](c1ccccc1)N(CC(=O)N1CCN(c2ccc(-c3ccc(F)cc3)nn2)CC1)C(=O)c1ccccc1Cl. The number of benzene rings is 3. The number of hydrogen-bond acceptors (Lipinski definition) is 5. The maximum Gasteiger partial charge on any atom is 0.256 e. The van der Waals surface area contributed by atoms with Crippen molar-refractivity contribution in [2.24, 2.45) is 0 Å². The van der Waals surface area contributed by atoms with Crippen molar-refractivity contribution in [2.45, 2.75) is 13.0 Å². The zero-order chi connectivity index (χ0) is 28.1. The quantitative estimate of drug-likeness (QED) is 0.301. The molecule has 0 aliphatic carbocycles. The molecule has 9 heteroatoms. The summed E-state index contributed by atoms with van der Waals surface area (Å²) in [6.07, 6.45) is 0. The lowest BCUT2D eigenvalue weighted by atomic mass is 10.1. The first kappa shape index (κ1) is 27.3. The second-order valence-electron chi connectivity index (χ2n) is 9.65. The average Bonchev–Trinajstić information content (AvgIpc) is 3.00. The van der Waals surface area contributed by atoms with Crippen molar-refractivity contribution >= 4 is 29.2 Å². The van der Waals surface area contributed by atoms with Gasteiger partial charge in [-0.2, -0.15) is 0 Å². The Morgan fingerprint density at radius 3 is 2.20 bits per heavy atom. The molecule has 5 rings (SSSR count). The van der Waals surface area contributed by atoms with E-state index in [4.69, 9.17) is 11.6 Å². The fourth-order valence-electron chi connectivity index (χ4n) is 4.78. The van der Waals surface area contributed by atoms with E-state index < -0.39 is 0 Å². The Kier molecular flexibility index (Phi) is 8.36. The van der Waals surface area contributed by atoms with E-state index in [1.165, 1.54) is 12.1 Å². The summed E-state index contributed by atoms with van der Waals surface area (Å²) in [5.41, 5.74) is 2.75. The molecule has 0 spiro atoms. The molecule has 4 aromatic rings. The van der Waals surface area contributed by atoms with E-state index in [1.807, 2.05) is 49.4 Å². The van der Waals surface area contributed by atoms with Gasteiger partial charge in [-0.25, -0.2) is 4.39 Å². The number of piperazine rings is 1. The molecule has 2 amide bonds. The van der Waals surface area contributed by atoms with Gasteiger partial charge in [0.1, 0.15) is 12.4 Å². The lowest BCUT2D eigenvalue weighted by molar-refractivity contribution is -0.132. The van der Waals surface area contributed by atoms with Crippen LogP contribution in [0, 0.1) is 5.82 Å². The average molecular weight is 558 g/mol. The van der Waals surface area contributed by atoms with Crippen LogP contribution in [0.15, 0.2) is 91.0 Å². The van der Waals surface area contributed by atoms with Crippen molar-refractivity contribution in [3.05, 3.63) is 113 Å². The molecule has 1 saturated heterocycles. The van der Waals surface area contributed by atoms with Crippen molar-refractivity contribution in [2.75, 3.05) is 37.6 Å². The summed E-state index contributed by atoms with van der Waals surface area (Å²) in [6, 6.07) is 26.1. The minimum atomic E-state index is -0.329. The summed E-state index contributed by atoms with van der Waals surface area (Å²) in [4.78, 5) is 32.5. The van der Waals surface area contributed by atoms with Gasteiger partial charge in [-0.1, -0.05) is 54.1 Å². The first-order chi connectivity index (χ1) is 19.4. The summed E-state index contributed by atoms with van der Waals surface area (Å²) in [7, 11) is 0. The van der Waals surface area contributed by atoms with Gasteiger partial charge < -0.3 is 14.7 Å². The van der Waals surface area contributed by atoms with Crippen LogP contribution in [0.1, 0.15) is 28.9 Å². The summed E-state index contributed by atoms with van der Waals surface area (Å²) in [5.74, 6) is 0.00356. The van der Waals surface area contributed by atoms with Gasteiger partial charge in [0, 0.05) is 31.7 Å². The molecule has 1 aliphatic heterocycles.